The molecule has 1 rings (SSSR count). The van der Waals surface area contributed by atoms with Crippen molar-refractivity contribution >= 4 is 34.2 Å². The number of benzene rings is 1. The largest absolute Gasteiger partial charge is 0.395 e. The van der Waals surface area contributed by atoms with Crippen LogP contribution in [0, 0.1) is 0 Å². The van der Waals surface area contributed by atoms with Gasteiger partial charge in [0.05, 0.1) is 5.69 Å². The monoisotopic (exact) mass is 204 g/mol. The van der Waals surface area contributed by atoms with E-state index in [0.717, 1.165) is 15.1 Å². The van der Waals surface area contributed by atoms with Crippen molar-refractivity contribution in [3.8, 4) is 0 Å². The van der Waals surface area contributed by atoms with Crippen molar-refractivity contribution in [2.24, 2.45) is 0 Å². The van der Waals surface area contributed by atoms with Crippen LogP contribution in [0.15, 0.2) is 27.6 Å². The molecule has 0 spiro atoms. The van der Waals surface area contributed by atoms with Gasteiger partial charge in [0, 0.05) is 4.47 Å². The smallest absolute Gasteiger partial charge is 0.173 e. The van der Waals surface area contributed by atoms with Gasteiger partial charge in [-0.05, 0) is 30.8 Å². The summed E-state index contributed by atoms with van der Waals surface area (Å²) >= 11 is 6.63. The lowest BCUT2D eigenvalue weighted by atomic mass is 10.3. The standard InChI is InChI=1S/C6H6BrNS/c7-4-1-2-6(9)5(8)3-4/h1-3,9H,8H2/p+1. The first kappa shape index (κ1) is 6.96. The molecule has 0 fully saturated rings. The van der Waals surface area contributed by atoms with Crippen LogP contribution in [-0.2, 0) is 12.6 Å². The summed E-state index contributed by atoms with van der Waals surface area (Å²) in [7, 11) is 0. The Balaban J connectivity index is 3.17. The topological polar surface area (TPSA) is 26.0 Å². The van der Waals surface area contributed by atoms with Gasteiger partial charge in [0.15, 0.2) is 4.90 Å². The zero-order chi connectivity index (χ0) is 6.85. The Kier molecular flexibility index (Phi) is 2.03. The van der Waals surface area contributed by atoms with Crippen LogP contribution in [0.4, 0.5) is 5.69 Å². The van der Waals surface area contributed by atoms with Crippen molar-refractivity contribution in [1.29, 1.82) is 0 Å². The van der Waals surface area contributed by atoms with E-state index in [0.29, 0.717) is 0 Å². The maximum atomic E-state index is 5.54. The van der Waals surface area contributed by atoms with Crippen molar-refractivity contribution in [1.82, 2.24) is 0 Å². The molecule has 0 aliphatic carbocycles. The molecular formula is C6H7BrNS+. The lowest BCUT2D eigenvalue weighted by Gasteiger charge is -1.91. The van der Waals surface area contributed by atoms with E-state index in [9.17, 15) is 0 Å². The van der Waals surface area contributed by atoms with Crippen molar-refractivity contribution in [2.45, 2.75) is 4.90 Å². The highest BCUT2D eigenvalue weighted by Crippen LogP contribution is 2.17. The van der Waals surface area contributed by atoms with Crippen molar-refractivity contribution in [2.75, 3.05) is 5.73 Å². The molecule has 0 bridgehead atoms. The minimum Gasteiger partial charge on any atom is -0.395 e. The van der Waals surface area contributed by atoms with E-state index < -0.39 is 0 Å². The SMILES string of the molecule is Nc1cc(Br)ccc1[SH2+]. The van der Waals surface area contributed by atoms with Crippen molar-refractivity contribution < 1.29 is 0 Å². The summed E-state index contributed by atoms with van der Waals surface area (Å²) < 4.78 is 1.00. The third kappa shape index (κ3) is 1.63. The number of rotatable bonds is 0. The first-order valence-corrected chi connectivity index (χ1v) is 3.76. The zero-order valence-corrected chi connectivity index (χ0v) is 7.27. The molecule has 1 aromatic carbocycles. The number of anilines is 1. The minimum absolute atomic E-state index is 0.751. The van der Waals surface area contributed by atoms with Crippen molar-refractivity contribution in [3.63, 3.8) is 0 Å². The first-order chi connectivity index (χ1) is 4.20. The highest BCUT2D eigenvalue weighted by molar-refractivity contribution is 9.10. The van der Waals surface area contributed by atoms with Crippen LogP contribution in [0.5, 0.6) is 0 Å². The molecule has 2 N–H and O–H groups in total. The molecule has 0 aliphatic heterocycles. The molecule has 0 radical (unpaired) electrons. The van der Waals surface area contributed by atoms with Crippen LogP contribution in [0.2, 0.25) is 0 Å². The van der Waals surface area contributed by atoms with E-state index in [-0.39, 0.29) is 0 Å². The maximum Gasteiger partial charge on any atom is 0.173 e. The molecule has 48 valence electrons. The van der Waals surface area contributed by atoms with Gasteiger partial charge in [0.2, 0.25) is 0 Å². The van der Waals surface area contributed by atoms with Crippen LogP contribution in [0.25, 0.3) is 0 Å². The van der Waals surface area contributed by atoms with Gasteiger partial charge in [0.1, 0.15) is 0 Å². The number of hydrogen-bond donors (Lipinski definition) is 1. The predicted octanol–water partition coefficient (Wildman–Crippen LogP) is 1.40. The van der Waals surface area contributed by atoms with Gasteiger partial charge >= 0.3 is 0 Å². The van der Waals surface area contributed by atoms with Gasteiger partial charge in [0.25, 0.3) is 0 Å². The third-order valence-corrected chi connectivity index (χ3v) is 1.96. The molecule has 0 aliphatic rings. The molecule has 0 aromatic heterocycles. The molecule has 1 aromatic rings. The Hall–Kier alpha value is -0.150. The summed E-state index contributed by atoms with van der Waals surface area (Å²) in [6.45, 7) is 0. The molecule has 0 saturated carbocycles. The van der Waals surface area contributed by atoms with Gasteiger partial charge in [-0.2, -0.15) is 0 Å². The minimum atomic E-state index is 0.751. The summed E-state index contributed by atoms with van der Waals surface area (Å²) in [5, 5.41) is 0. The highest BCUT2D eigenvalue weighted by Gasteiger charge is 1.97. The molecule has 0 saturated heterocycles. The quantitative estimate of drug-likeness (QED) is 0.502. The summed E-state index contributed by atoms with van der Waals surface area (Å²) in [5.41, 5.74) is 6.29. The number of halogens is 1. The van der Waals surface area contributed by atoms with Gasteiger partial charge in [-0.25, -0.2) is 0 Å². The fourth-order valence-electron chi connectivity index (χ4n) is 0.534. The number of nitrogens with two attached hydrogens (primary N) is 1. The van der Waals surface area contributed by atoms with Crippen molar-refractivity contribution in [3.05, 3.63) is 22.7 Å². The molecule has 0 amide bonds. The molecule has 0 unspecified atom stereocenters. The highest BCUT2D eigenvalue weighted by atomic mass is 79.9. The van der Waals surface area contributed by atoms with E-state index in [1.807, 2.05) is 18.2 Å². The average Bonchev–Trinajstić information content (AvgIpc) is 1.80. The normalized spacial score (nSPS) is 9.56. The van der Waals surface area contributed by atoms with E-state index in [1.165, 1.54) is 0 Å². The van der Waals surface area contributed by atoms with Crippen LogP contribution >= 0.6 is 15.9 Å². The van der Waals surface area contributed by atoms with E-state index in [1.54, 1.807) is 0 Å². The third-order valence-electron chi connectivity index (χ3n) is 1.01. The molecule has 3 heteroatoms. The van der Waals surface area contributed by atoms with Crippen LogP contribution < -0.4 is 5.73 Å². The molecule has 0 atom stereocenters. The predicted molar refractivity (Wildman–Crippen MR) is 47.0 cm³/mol. The second-order valence-electron chi connectivity index (χ2n) is 1.73. The molecular weight excluding hydrogens is 198 g/mol. The lowest BCUT2D eigenvalue weighted by Crippen LogP contribution is -1.86. The Bertz CT molecular complexity index is 224. The van der Waals surface area contributed by atoms with Crippen LogP contribution in [0.1, 0.15) is 0 Å². The second-order valence-corrected chi connectivity index (χ2v) is 3.19. The first-order valence-electron chi connectivity index (χ1n) is 2.47. The zero-order valence-electron chi connectivity index (χ0n) is 4.69. The Morgan fingerprint density at radius 2 is 2.11 bits per heavy atom. The Labute approximate surface area is 67.8 Å². The van der Waals surface area contributed by atoms with E-state index in [4.69, 9.17) is 5.73 Å². The Morgan fingerprint density at radius 1 is 1.44 bits per heavy atom. The second kappa shape index (κ2) is 2.62. The van der Waals surface area contributed by atoms with E-state index >= 15 is 0 Å². The van der Waals surface area contributed by atoms with Crippen LogP contribution in [0.3, 0.4) is 0 Å². The summed E-state index contributed by atoms with van der Waals surface area (Å²) in [5.74, 6) is 0. The fourth-order valence-corrected chi connectivity index (χ4v) is 1.07. The molecule has 9 heavy (non-hydrogen) atoms. The summed E-state index contributed by atoms with van der Waals surface area (Å²) in [6.07, 6.45) is 0. The maximum absolute atomic E-state index is 5.54. The van der Waals surface area contributed by atoms with Gasteiger partial charge in [-0.1, -0.05) is 15.9 Å². The number of nitrogen functional groups attached to an aromatic ring is 1. The fraction of sp³-hybridized carbons (Fsp3) is 0. The van der Waals surface area contributed by atoms with Gasteiger partial charge in [-0.15, -0.1) is 0 Å². The van der Waals surface area contributed by atoms with Gasteiger partial charge in [-0.3, -0.25) is 0 Å². The molecule has 1 nitrogen and oxygen atoms in total. The average molecular weight is 205 g/mol. The lowest BCUT2D eigenvalue weighted by molar-refractivity contribution is 1.45. The number of hydrogen-bond acceptors (Lipinski definition) is 1. The summed E-state index contributed by atoms with van der Waals surface area (Å²) in [6, 6.07) is 5.68. The Morgan fingerprint density at radius 3 is 2.56 bits per heavy atom. The van der Waals surface area contributed by atoms with Gasteiger partial charge < -0.3 is 5.73 Å². The summed E-state index contributed by atoms with van der Waals surface area (Å²) in [4.78, 5) is 0.929. The molecule has 0 heterocycles. The van der Waals surface area contributed by atoms with Crippen LogP contribution in [-0.4, -0.2) is 0 Å². The van der Waals surface area contributed by atoms with E-state index in [2.05, 4.69) is 28.6 Å².